The van der Waals surface area contributed by atoms with Gasteiger partial charge in [0.1, 0.15) is 5.82 Å². The van der Waals surface area contributed by atoms with Crippen LogP contribution >= 0.6 is 11.3 Å². The van der Waals surface area contributed by atoms with Crippen molar-refractivity contribution in [2.45, 2.75) is 33.4 Å². The zero-order chi connectivity index (χ0) is 17.0. The average Bonchev–Trinajstić information content (AvgIpc) is 2.80. The number of amides is 1. The Labute approximate surface area is 140 Å². The summed E-state index contributed by atoms with van der Waals surface area (Å²) >= 11 is 1.64. The van der Waals surface area contributed by atoms with E-state index in [1.165, 1.54) is 12.1 Å². The van der Waals surface area contributed by atoms with E-state index in [0.29, 0.717) is 6.54 Å². The Morgan fingerprint density at radius 2 is 2.00 bits per heavy atom. The van der Waals surface area contributed by atoms with Crippen LogP contribution in [0.15, 0.2) is 24.3 Å². The third kappa shape index (κ3) is 5.11. The minimum Gasteiger partial charge on any atom is -0.347 e. The molecule has 0 fully saturated rings. The molecule has 0 saturated carbocycles. The van der Waals surface area contributed by atoms with Crippen LogP contribution in [0.25, 0.3) is 0 Å². The maximum Gasteiger partial charge on any atom is 0.234 e. The van der Waals surface area contributed by atoms with Gasteiger partial charge in [0.15, 0.2) is 0 Å². The lowest BCUT2D eigenvalue weighted by Gasteiger charge is -2.18. The molecule has 1 amide bonds. The molecule has 0 aliphatic heterocycles. The predicted octanol–water partition coefficient (Wildman–Crippen LogP) is 3.21. The highest BCUT2D eigenvalue weighted by Crippen LogP contribution is 2.22. The van der Waals surface area contributed by atoms with Gasteiger partial charge in [-0.3, -0.25) is 9.69 Å². The van der Waals surface area contributed by atoms with Gasteiger partial charge in [0.05, 0.1) is 23.3 Å². The van der Waals surface area contributed by atoms with Gasteiger partial charge >= 0.3 is 0 Å². The van der Waals surface area contributed by atoms with Crippen molar-refractivity contribution in [3.8, 4) is 0 Å². The molecule has 0 bridgehead atoms. The van der Waals surface area contributed by atoms with Gasteiger partial charge in [0.25, 0.3) is 0 Å². The molecule has 6 heteroatoms. The highest BCUT2D eigenvalue weighted by Gasteiger charge is 2.16. The summed E-state index contributed by atoms with van der Waals surface area (Å²) in [5.41, 5.74) is 1.91. The quantitative estimate of drug-likeness (QED) is 0.882. The summed E-state index contributed by atoms with van der Waals surface area (Å²) < 4.78 is 12.9. The first-order chi connectivity index (χ1) is 10.8. The summed E-state index contributed by atoms with van der Waals surface area (Å²) in [7, 11) is 1.87. The van der Waals surface area contributed by atoms with Crippen molar-refractivity contribution in [3.63, 3.8) is 0 Å². The van der Waals surface area contributed by atoms with Crippen molar-refractivity contribution < 1.29 is 9.18 Å². The fraction of sp³-hybridized carbons (Fsp3) is 0.412. The van der Waals surface area contributed by atoms with Crippen LogP contribution in [-0.4, -0.2) is 29.4 Å². The Morgan fingerprint density at radius 3 is 2.57 bits per heavy atom. The minimum atomic E-state index is -0.253. The smallest absolute Gasteiger partial charge is 0.234 e. The number of aromatic nitrogens is 1. The van der Waals surface area contributed by atoms with E-state index in [2.05, 4.69) is 10.3 Å². The Balaban J connectivity index is 1.86. The summed E-state index contributed by atoms with van der Waals surface area (Å²) in [5.74, 6) is -0.302. The van der Waals surface area contributed by atoms with Gasteiger partial charge in [-0.05, 0) is 45.5 Å². The molecule has 23 heavy (non-hydrogen) atoms. The number of benzene rings is 1. The van der Waals surface area contributed by atoms with E-state index in [0.717, 1.165) is 21.1 Å². The lowest BCUT2D eigenvalue weighted by Crippen LogP contribution is -2.36. The molecule has 1 aromatic heterocycles. The number of carbonyl (C=O) groups excluding carboxylic acids is 1. The molecular formula is C17H22FN3OS. The number of carbonyl (C=O) groups is 1. The highest BCUT2D eigenvalue weighted by atomic mass is 32.1. The topological polar surface area (TPSA) is 45.2 Å². The number of likely N-dealkylation sites (N-methyl/N-ethyl adjacent to an activating group) is 1. The molecule has 4 nitrogen and oxygen atoms in total. The average molecular weight is 335 g/mol. The summed E-state index contributed by atoms with van der Waals surface area (Å²) in [4.78, 5) is 19.7. The lowest BCUT2D eigenvalue weighted by molar-refractivity contribution is -0.122. The standard InChI is InChI=1S/C17H22FN3OS/c1-11(17-12(2)23-13(3)20-17)19-16(22)10-21(4)9-14-5-7-15(18)8-6-14/h5-8,11H,9-10H2,1-4H3,(H,19,22). The van der Waals surface area contributed by atoms with E-state index in [4.69, 9.17) is 0 Å². The maximum atomic E-state index is 12.9. The fourth-order valence-corrected chi connectivity index (χ4v) is 3.42. The number of halogens is 1. The van der Waals surface area contributed by atoms with E-state index >= 15 is 0 Å². The maximum absolute atomic E-state index is 12.9. The third-order valence-corrected chi connectivity index (χ3v) is 4.41. The Kier molecular flexibility index (Phi) is 5.85. The van der Waals surface area contributed by atoms with Crippen LogP contribution in [0.1, 0.15) is 34.1 Å². The molecule has 2 aromatic rings. The van der Waals surface area contributed by atoms with Crippen molar-refractivity contribution in [1.29, 1.82) is 0 Å². The molecule has 0 aliphatic rings. The molecule has 0 saturated heterocycles. The van der Waals surface area contributed by atoms with Gasteiger partial charge in [0, 0.05) is 11.4 Å². The number of hydrogen-bond donors (Lipinski definition) is 1. The molecule has 0 spiro atoms. The second kappa shape index (κ2) is 7.66. The zero-order valence-electron chi connectivity index (χ0n) is 13.9. The first-order valence-corrected chi connectivity index (χ1v) is 8.33. The van der Waals surface area contributed by atoms with Crippen LogP contribution in [0.2, 0.25) is 0 Å². The number of aryl methyl sites for hydroxylation is 2. The number of nitrogens with one attached hydrogen (secondary N) is 1. The molecule has 124 valence electrons. The van der Waals surface area contributed by atoms with Crippen LogP contribution in [0.3, 0.4) is 0 Å². The summed E-state index contributed by atoms with van der Waals surface area (Å²) in [6, 6.07) is 6.21. The molecule has 1 heterocycles. The van der Waals surface area contributed by atoms with Gasteiger partial charge in [-0.15, -0.1) is 11.3 Å². The molecule has 1 atom stereocenters. The van der Waals surface area contributed by atoms with Crippen molar-refractivity contribution >= 4 is 17.2 Å². The normalized spacial score (nSPS) is 12.4. The Bertz CT molecular complexity index is 669. The zero-order valence-corrected chi connectivity index (χ0v) is 14.7. The van der Waals surface area contributed by atoms with Crippen LogP contribution in [0.4, 0.5) is 4.39 Å². The van der Waals surface area contributed by atoms with Crippen molar-refractivity contribution in [1.82, 2.24) is 15.2 Å². The van der Waals surface area contributed by atoms with Crippen LogP contribution in [0, 0.1) is 19.7 Å². The Hall–Kier alpha value is -1.79. The van der Waals surface area contributed by atoms with Crippen molar-refractivity contribution in [3.05, 3.63) is 51.2 Å². The van der Waals surface area contributed by atoms with Gasteiger partial charge < -0.3 is 5.32 Å². The van der Waals surface area contributed by atoms with Crippen LogP contribution in [-0.2, 0) is 11.3 Å². The van der Waals surface area contributed by atoms with Gasteiger partial charge in [-0.2, -0.15) is 0 Å². The number of nitrogens with zero attached hydrogens (tertiary/aromatic N) is 2. The third-order valence-electron chi connectivity index (χ3n) is 3.51. The van der Waals surface area contributed by atoms with Crippen molar-refractivity contribution in [2.24, 2.45) is 0 Å². The molecule has 1 unspecified atom stereocenters. The monoisotopic (exact) mass is 335 g/mol. The second-order valence-electron chi connectivity index (χ2n) is 5.76. The molecule has 1 aromatic carbocycles. The Morgan fingerprint density at radius 1 is 1.35 bits per heavy atom. The van der Waals surface area contributed by atoms with Crippen LogP contribution in [0.5, 0.6) is 0 Å². The summed E-state index contributed by atoms with van der Waals surface area (Å²) in [5, 5.41) is 3.99. The largest absolute Gasteiger partial charge is 0.347 e. The second-order valence-corrected chi connectivity index (χ2v) is 7.17. The highest BCUT2D eigenvalue weighted by molar-refractivity contribution is 7.11. The summed E-state index contributed by atoms with van der Waals surface area (Å²) in [6.07, 6.45) is 0. The van der Waals surface area contributed by atoms with Gasteiger partial charge in [0.2, 0.25) is 5.91 Å². The molecule has 2 rings (SSSR count). The first kappa shape index (κ1) is 17.6. The molecule has 1 N–H and O–H groups in total. The summed E-state index contributed by atoms with van der Waals surface area (Å²) in [6.45, 7) is 6.80. The van der Waals surface area contributed by atoms with E-state index < -0.39 is 0 Å². The van der Waals surface area contributed by atoms with Crippen molar-refractivity contribution in [2.75, 3.05) is 13.6 Å². The fourth-order valence-electron chi connectivity index (χ4n) is 2.50. The van der Waals surface area contributed by atoms with Gasteiger partial charge in [-0.25, -0.2) is 9.37 Å². The lowest BCUT2D eigenvalue weighted by atomic mass is 10.2. The van der Waals surface area contributed by atoms with E-state index in [1.54, 1.807) is 23.5 Å². The van der Waals surface area contributed by atoms with E-state index in [1.807, 2.05) is 32.7 Å². The van der Waals surface area contributed by atoms with Gasteiger partial charge in [-0.1, -0.05) is 12.1 Å². The van der Waals surface area contributed by atoms with E-state index in [-0.39, 0.29) is 24.3 Å². The number of rotatable bonds is 6. The molecular weight excluding hydrogens is 313 g/mol. The SMILES string of the molecule is Cc1nc(C(C)NC(=O)CN(C)Cc2ccc(F)cc2)c(C)s1. The van der Waals surface area contributed by atoms with E-state index in [9.17, 15) is 9.18 Å². The number of hydrogen-bond acceptors (Lipinski definition) is 4. The predicted molar refractivity (Wildman–Crippen MR) is 90.9 cm³/mol. The van der Waals surface area contributed by atoms with Crippen LogP contribution < -0.4 is 5.32 Å². The molecule has 0 radical (unpaired) electrons. The molecule has 0 aliphatic carbocycles. The first-order valence-electron chi connectivity index (χ1n) is 7.51. The number of thiazole rings is 1. The minimum absolute atomic E-state index is 0.0489.